The van der Waals surface area contributed by atoms with E-state index >= 15 is 0 Å². The standard InChI is InChI=1S/C19H16Cl2N2OS2/c1-11(2)26-14-6-3-12(4-7-14)18(24)23-19-22-17(10-25-19)13-5-8-15(20)16(21)9-13/h3-11H,1-2H3,(H,22,23,24). The lowest BCUT2D eigenvalue weighted by Crippen LogP contribution is -2.11. The van der Waals surface area contributed by atoms with Crippen molar-refractivity contribution in [2.45, 2.75) is 24.0 Å². The first-order valence-electron chi connectivity index (χ1n) is 7.91. The summed E-state index contributed by atoms with van der Waals surface area (Å²) in [7, 11) is 0. The molecular weight excluding hydrogens is 407 g/mol. The summed E-state index contributed by atoms with van der Waals surface area (Å²) in [6, 6.07) is 12.9. The van der Waals surface area contributed by atoms with Crippen molar-refractivity contribution in [3.63, 3.8) is 0 Å². The van der Waals surface area contributed by atoms with Crippen LogP contribution in [0.3, 0.4) is 0 Å². The van der Waals surface area contributed by atoms with Gasteiger partial charge in [-0.2, -0.15) is 0 Å². The minimum Gasteiger partial charge on any atom is -0.298 e. The van der Waals surface area contributed by atoms with Crippen LogP contribution in [-0.2, 0) is 0 Å². The van der Waals surface area contributed by atoms with E-state index in [0.29, 0.717) is 26.0 Å². The highest BCUT2D eigenvalue weighted by atomic mass is 35.5. The summed E-state index contributed by atoms with van der Waals surface area (Å²) < 4.78 is 0. The van der Waals surface area contributed by atoms with E-state index in [4.69, 9.17) is 23.2 Å². The number of hydrogen-bond acceptors (Lipinski definition) is 4. The molecule has 0 bridgehead atoms. The number of hydrogen-bond donors (Lipinski definition) is 1. The summed E-state index contributed by atoms with van der Waals surface area (Å²) in [6.07, 6.45) is 0. The van der Waals surface area contributed by atoms with E-state index in [-0.39, 0.29) is 5.91 Å². The fraction of sp³-hybridized carbons (Fsp3) is 0.158. The fourth-order valence-electron chi connectivity index (χ4n) is 2.25. The number of anilines is 1. The molecule has 0 aliphatic carbocycles. The third-order valence-corrected chi connectivity index (χ3v) is 5.94. The number of halogens is 2. The van der Waals surface area contributed by atoms with E-state index in [1.54, 1.807) is 23.9 Å². The van der Waals surface area contributed by atoms with Gasteiger partial charge < -0.3 is 0 Å². The van der Waals surface area contributed by atoms with Crippen LogP contribution in [0.1, 0.15) is 24.2 Å². The maximum Gasteiger partial charge on any atom is 0.257 e. The predicted octanol–water partition coefficient (Wildman–Crippen LogP) is 6.87. The third kappa shape index (κ3) is 4.80. The van der Waals surface area contributed by atoms with Gasteiger partial charge in [0, 0.05) is 26.7 Å². The van der Waals surface area contributed by atoms with Crippen molar-refractivity contribution in [1.82, 2.24) is 4.98 Å². The SMILES string of the molecule is CC(C)Sc1ccc(C(=O)Nc2nc(-c3ccc(Cl)c(Cl)c3)cs2)cc1. The first kappa shape index (κ1) is 19.2. The maximum absolute atomic E-state index is 12.4. The number of carbonyl (C=O) groups excluding carboxylic acids is 1. The molecule has 0 spiro atoms. The zero-order valence-electron chi connectivity index (χ0n) is 14.1. The molecule has 0 radical (unpaired) electrons. The number of benzene rings is 2. The van der Waals surface area contributed by atoms with Gasteiger partial charge in [-0.25, -0.2) is 4.98 Å². The maximum atomic E-state index is 12.4. The molecule has 0 aliphatic heterocycles. The number of aromatic nitrogens is 1. The lowest BCUT2D eigenvalue weighted by molar-refractivity contribution is 0.102. The second kappa shape index (κ2) is 8.44. The van der Waals surface area contributed by atoms with Crippen LogP contribution >= 0.6 is 46.3 Å². The van der Waals surface area contributed by atoms with E-state index in [1.807, 2.05) is 35.7 Å². The summed E-state index contributed by atoms with van der Waals surface area (Å²) in [5.74, 6) is -0.180. The van der Waals surface area contributed by atoms with Crippen molar-refractivity contribution in [1.29, 1.82) is 0 Å². The van der Waals surface area contributed by atoms with Crippen LogP contribution in [0.15, 0.2) is 52.7 Å². The monoisotopic (exact) mass is 422 g/mol. The van der Waals surface area contributed by atoms with Crippen molar-refractivity contribution in [3.8, 4) is 11.3 Å². The molecule has 1 amide bonds. The molecule has 2 aromatic carbocycles. The van der Waals surface area contributed by atoms with Crippen molar-refractivity contribution in [3.05, 3.63) is 63.5 Å². The molecule has 0 aliphatic rings. The average molecular weight is 423 g/mol. The topological polar surface area (TPSA) is 42.0 Å². The van der Waals surface area contributed by atoms with Crippen molar-refractivity contribution in [2.24, 2.45) is 0 Å². The first-order valence-corrected chi connectivity index (χ1v) is 10.4. The molecule has 0 saturated carbocycles. The van der Waals surface area contributed by atoms with E-state index in [2.05, 4.69) is 24.1 Å². The number of rotatable bonds is 5. The third-order valence-electron chi connectivity index (χ3n) is 3.43. The van der Waals surface area contributed by atoms with Gasteiger partial charge in [0.2, 0.25) is 0 Å². The van der Waals surface area contributed by atoms with Gasteiger partial charge in [-0.15, -0.1) is 23.1 Å². The molecule has 0 fully saturated rings. The van der Waals surface area contributed by atoms with E-state index in [1.165, 1.54) is 11.3 Å². The van der Waals surface area contributed by atoms with Gasteiger partial charge in [-0.1, -0.05) is 43.1 Å². The van der Waals surface area contributed by atoms with Gasteiger partial charge in [0.25, 0.3) is 5.91 Å². The van der Waals surface area contributed by atoms with Gasteiger partial charge in [0.1, 0.15) is 0 Å². The molecule has 0 saturated heterocycles. The highest BCUT2D eigenvalue weighted by molar-refractivity contribution is 7.99. The quantitative estimate of drug-likeness (QED) is 0.456. The summed E-state index contributed by atoms with van der Waals surface area (Å²) in [6.45, 7) is 4.28. The van der Waals surface area contributed by atoms with Gasteiger partial charge in [0.15, 0.2) is 5.13 Å². The normalized spacial score (nSPS) is 11.0. The van der Waals surface area contributed by atoms with E-state index in [9.17, 15) is 4.79 Å². The lowest BCUT2D eigenvalue weighted by Gasteiger charge is -2.06. The zero-order chi connectivity index (χ0) is 18.7. The minimum absolute atomic E-state index is 0.180. The summed E-state index contributed by atoms with van der Waals surface area (Å²) in [5, 5.41) is 6.73. The Hall–Kier alpha value is -1.53. The van der Waals surface area contributed by atoms with E-state index < -0.39 is 0 Å². The van der Waals surface area contributed by atoms with E-state index in [0.717, 1.165) is 16.2 Å². The van der Waals surface area contributed by atoms with Crippen molar-refractivity contribution >= 4 is 57.3 Å². The second-order valence-corrected chi connectivity index (χ2v) is 9.13. The smallest absolute Gasteiger partial charge is 0.257 e. The van der Waals surface area contributed by atoms with Gasteiger partial charge in [0.05, 0.1) is 15.7 Å². The Labute approximate surface area is 170 Å². The highest BCUT2D eigenvalue weighted by Gasteiger charge is 2.11. The summed E-state index contributed by atoms with van der Waals surface area (Å²) in [4.78, 5) is 18.0. The average Bonchev–Trinajstić information content (AvgIpc) is 3.06. The second-order valence-electron chi connectivity index (χ2n) is 5.81. The van der Waals surface area contributed by atoms with Crippen LogP contribution < -0.4 is 5.32 Å². The number of carbonyl (C=O) groups is 1. The van der Waals surface area contributed by atoms with Gasteiger partial charge >= 0.3 is 0 Å². The Balaban J connectivity index is 1.70. The number of thioether (sulfide) groups is 1. The minimum atomic E-state index is -0.180. The number of thiazole rings is 1. The Morgan fingerprint density at radius 1 is 1.12 bits per heavy atom. The molecule has 1 heterocycles. The predicted molar refractivity (Wildman–Crippen MR) is 113 cm³/mol. The van der Waals surface area contributed by atoms with Crippen LogP contribution in [0.25, 0.3) is 11.3 Å². The molecule has 7 heteroatoms. The Kier molecular flexibility index (Phi) is 6.24. The molecule has 3 nitrogen and oxygen atoms in total. The largest absolute Gasteiger partial charge is 0.298 e. The molecule has 0 atom stereocenters. The zero-order valence-corrected chi connectivity index (χ0v) is 17.3. The molecule has 3 rings (SSSR count). The van der Waals surface area contributed by atoms with Crippen LogP contribution in [0.4, 0.5) is 5.13 Å². The van der Waals surface area contributed by atoms with Crippen LogP contribution in [0, 0.1) is 0 Å². The summed E-state index contributed by atoms with van der Waals surface area (Å²) in [5.41, 5.74) is 2.20. The van der Waals surface area contributed by atoms with Crippen molar-refractivity contribution in [2.75, 3.05) is 5.32 Å². The molecule has 134 valence electrons. The van der Waals surface area contributed by atoms with Gasteiger partial charge in [-0.05, 0) is 36.4 Å². The van der Waals surface area contributed by atoms with Crippen LogP contribution in [0.5, 0.6) is 0 Å². The number of nitrogens with zero attached hydrogens (tertiary/aromatic N) is 1. The number of nitrogens with one attached hydrogen (secondary N) is 1. The highest BCUT2D eigenvalue weighted by Crippen LogP contribution is 2.30. The molecule has 26 heavy (non-hydrogen) atoms. The Bertz CT molecular complexity index is 924. The Morgan fingerprint density at radius 2 is 1.85 bits per heavy atom. The molecule has 3 aromatic rings. The van der Waals surface area contributed by atoms with Gasteiger partial charge in [-0.3, -0.25) is 10.1 Å². The molecular formula is C19H16Cl2N2OS2. The first-order chi connectivity index (χ1) is 12.4. The van der Waals surface area contributed by atoms with Crippen LogP contribution in [0.2, 0.25) is 10.0 Å². The van der Waals surface area contributed by atoms with Crippen LogP contribution in [-0.4, -0.2) is 16.1 Å². The number of amides is 1. The molecule has 0 unspecified atom stereocenters. The Morgan fingerprint density at radius 3 is 2.50 bits per heavy atom. The molecule has 1 N–H and O–H groups in total. The molecule has 1 aromatic heterocycles. The lowest BCUT2D eigenvalue weighted by atomic mass is 10.2. The summed E-state index contributed by atoms with van der Waals surface area (Å²) >= 11 is 15.1. The fourth-order valence-corrected chi connectivity index (χ4v) is 4.10. The van der Waals surface area contributed by atoms with Crippen molar-refractivity contribution < 1.29 is 4.79 Å².